The molecule has 0 aromatic carbocycles. The van der Waals surface area contributed by atoms with Crippen molar-refractivity contribution in [2.45, 2.75) is 0 Å². The van der Waals surface area contributed by atoms with Gasteiger partial charge in [0.15, 0.2) is 0 Å². The summed E-state index contributed by atoms with van der Waals surface area (Å²) in [6.07, 6.45) is 1.92. The molecule has 1 nitrogen and oxygen atoms in total. The van der Waals surface area contributed by atoms with Crippen LogP contribution in [-0.4, -0.2) is 29.5 Å². The predicted octanol–water partition coefficient (Wildman–Crippen LogP) is -0.523. The summed E-state index contributed by atoms with van der Waals surface area (Å²) in [4.78, 5) is 2.16. The quantitative estimate of drug-likeness (QED) is 0.511. The molecule has 0 unspecified atom stereocenters. The van der Waals surface area contributed by atoms with Crippen molar-refractivity contribution in [3.8, 4) is 0 Å². The maximum absolute atomic E-state index is 3.99. The Bertz CT molecular complexity index is 64.1. The summed E-state index contributed by atoms with van der Waals surface area (Å²) in [6.45, 7) is 0. The van der Waals surface area contributed by atoms with E-state index < -0.39 is 0 Å². The fraction of sp³-hybridized carbons (Fsp3) is 0. The van der Waals surface area contributed by atoms with Crippen molar-refractivity contribution >= 4 is 25.5 Å². The third-order valence-corrected chi connectivity index (χ3v) is 4.46. The van der Waals surface area contributed by atoms with Crippen LogP contribution in [0.1, 0.15) is 0 Å². The fourth-order valence-electron chi connectivity index (χ4n) is 0.124. The Morgan fingerprint density at radius 3 is 3.00 bits per heavy atom. The van der Waals surface area contributed by atoms with Crippen LogP contribution in [0.15, 0.2) is 11.1 Å². The second-order valence-corrected chi connectivity index (χ2v) is 6.01. The summed E-state index contributed by atoms with van der Waals surface area (Å²) < 4.78 is 3.99. The van der Waals surface area contributed by atoms with Gasteiger partial charge in [-0.1, -0.05) is 0 Å². The summed E-state index contributed by atoms with van der Waals surface area (Å²) in [7, 11) is 0. The van der Waals surface area contributed by atoms with E-state index in [0.29, 0.717) is 12.9 Å². The fourth-order valence-corrected chi connectivity index (χ4v) is 3.35. The first-order valence-corrected chi connectivity index (χ1v) is 7.26. The minimum atomic E-state index is 0.646. The number of hydrogen-bond acceptors (Lipinski definition) is 1. The Hall–Kier alpha value is 0.579. The van der Waals surface area contributed by atoms with Gasteiger partial charge in [0.25, 0.3) is 0 Å². The summed E-state index contributed by atoms with van der Waals surface area (Å²) in [5, 5.41) is 0. The van der Waals surface area contributed by atoms with Crippen LogP contribution in [0, 0.1) is 0 Å². The van der Waals surface area contributed by atoms with Crippen molar-refractivity contribution < 1.29 is 0 Å². The van der Waals surface area contributed by atoms with Crippen molar-refractivity contribution in [2.24, 2.45) is 0 Å². The third kappa shape index (κ3) is 0.978. The van der Waals surface area contributed by atoms with Crippen LogP contribution in [0.3, 0.4) is 0 Å². The van der Waals surface area contributed by atoms with E-state index in [9.17, 15) is 0 Å². The molecule has 1 aromatic heterocycles. The Labute approximate surface area is 40.9 Å². The van der Waals surface area contributed by atoms with Gasteiger partial charge in [0.05, 0.1) is 0 Å². The van der Waals surface area contributed by atoms with E-state index in [2.05, 4.69) is 8.92 Å². The Kier molecular flexibility index (Phi) is 1.42. The normalized spacial score (nSPS) is 8.00. The van der Waals surface area contributed by atoms with Gasteiger partial charge >= 0.3 is 40.6 Å². The molecule has 0 aliphatic rings. The molecule has 5 heavy (non-hydrogen) atoms. The van der Waals surface area contributed by atoms with Gasteiger partial charge in [-0.05, 0) is 0 Å². The Balaban J connectivity index is 3.13. The number of aromatic nitrogens is 1. The van der Waals surface area contributed by atoms with Crippen LogP contribution in [0.25, 0.3) is 0 Å². The van der Waals surface area contributed by atoms with E-state index in [1.807, 2.05) is 6.20 Å². The monoisotopic (exact) mass is 200 g/mol. The van der Waals surface area contributed by atoms with Gasteiger partial charge in [-0.2, -0.15) is 0 Å². The van der Waals surface area contributed by atoms with Gasteiger partial charge in [-0.3, -0.25) is 0 Å². The molecule has 0 aliphatic carbocycles. The Morgan fingerprint density at radius 2 is 2.80 bits per heavy atom. The molecular weight excluding hydrogens is 196 g/mol. The van der Waals surface area contributed by atoms with Crippen molar-refractivity contribution in [2.75, 3.05) is 0 Å². The predicted molar refractivity (Wildman–Crippen MR) is 22.5 cm³/mol. The number of rotatable bonds is 0. The molecule has 0 saturated carbocycles. The molecule has 1 rings (SSSR count). The first kappa shape index (κ1) is 3.76. The molecule has 0 atom stereocenters. The van der Waals surface area contributed by atoms with E-state index in [-0.39, 0.29) is 0 Å². The van der Waals surface area contributed by atoms with Gasteiger partial charge in [0.1, 0.15) is 0 Å². The number of hydrogen-bond donors (Lipinski definition) is 0. The first-order valence-electron chi connectivity index (χ1n) is 1.18. The van der Waals surface area contributed by atoms with Crippen molar-refractivity contribution in [3.63, 3.8) is 0 Å². The van der Waals surface area contributed by atoms with E-state index in [1.165, 1.54) is 0 Å². The van der Waals surface area contributed by atoms with Gasteiger partial charge in [0.2, 0.25) is 0 Å². The molecule has 0 bridgehead atoms. The van der Waals surface area contributed by atoms with E-state index in [0.717, 1.165) is 12.6 Å². The molecule has 0 fully saturated rings. The molecule has 1 heterocycles. The molecule has 1 aromatic rings. The van der Waals surface area contributed by atoms with Crippen LogP contribution >= 0.6 is 0 Å². The SMILES string of the molecule is c1c[se+][se]n1. The minimum absolute atomic E-state index is 0.646. The third-order valence-electron chi connectivity index (χ3n) is 0.263. The molecule has 0 amide bonds. The molecule has 3 heteroatoms. The zero-order chi connectivity index (χ0) is 3.54. The van der Waals surface area contributed by atoms with Crippen LogP contribution in [0.4, 0.5) is 0 Å². The standard InChI is InChI=1S/C2H2NSe2/c1-2-4-5-3-1/h1-2H/q+1. The van der Waals surface area contributed by atoms with Crippen molar-refractivity contribution in [3.05, 3.63) is 11.1 Å². The summed E-state index contributed by atoms with van der Waals surface area (Å²) >= 11 is 1.43. The maximum atomic E-state index is 3.99. The molecule has 26 valence electrons. The molecular formula is C2H2NSe2+. The summed E-state index contributed by atoms with van der Waals surface area (Å²) in [5.41, 5.74) is 0. The van der Waals surface area contributed by atoms with E-state index >= 15 is 0 Å². The molecule has 0 saturated heterocycles. The molecule has 0 aliphatic heterocycles. The zero-order valence-corrected chi connectivity index (χ0v) is 5.84. The zero-order valence-electron chi connectivity index (χ0n) is 2.42. The van der Waals surface area contributed by atoms with Gasteiger partial charge in [0, 0.05) is 0 Å². The average Bonchev–Trinajstić information content (AvgIpc) is 1.76. The van der Waals surface area contributed by atoms with Crippen LogP contribution in [-0.2, 0) is 0 Å². The molecule has 0 N–H and O–H groups in total. The van der Waals surface area contributed by atoms with Crippen LogP contribution in [0.2, 0.25) is 0 Å². The average molecular weight is 198 g/mol. The van der Waals surface area contributed by atoms with E-state index in [1.54, 1.807) is 0 Å². The van der Waals surface area contributed by atoms with Crippen LogP contribution < -0.4 is 0 Å². The van der Waals surface area contributed by atoms with Gasteiger partial charge in [-0.15, -0.1) is 0 Å². The van der Waals surface area contributed by atoms with Crippen LogP contribution in [0.5, 0.6) is 0 Å². The van der Waals surface area contributed by atoms with Gasteiger partial charge < -0.3 is 0 Å². The summed E-state index contributed by atoms with van der Waals surface area (Å²) in [5.74, 6) is 0. The van der Waals surface area contributed by atoms with Crippen molar-refractivity contribution in [1.82, 2.24) is 3.98 Å². The second kappa shape index (κ2) is 1.88. The van der Waals surface area contributed by atoms with E-state index in [4.69, 9.17) is 0 Å². The first-order chi connectivity index (χ1) is 2.50. The van der Waals surface area contributed by atoms with Crippen molar-refractivity contribution in [1.29, 1.82) is 0 Å². The second-order valence-electron chi connectivity index (χ2n) is 0.561. The Morgan fingerprint density at radius 1 is 1.80 bits per heavy atom. The number of nitrogens with zero attached hydrogens (tertiary/aromatic N) is 1. The molecule has 0 radical (unpaired) electrons. The topological polar surface area (TPSA) is 12.9 Å². The van der Waals surface area contributed by atoms with Gasteiger partial charge in [-0.25, -0.2) is 0 Å². The molecule has 0 spiro atoms. The summed E-state index contributed by atoms with van der Waals surface area (Å²) in [6, 6.07) is 0.